The molecule has 2 aliphatic heterocycles. The molecule has 0 unspecified atom stereocenters. The maximum absolute atomic E-state index is 13.0. The Morgan fingerprint density at radius 1 is 1.23 bits per heavy atom. The summed E-state index contributed by atoms with van der Waals surface area (Å²) in [7, 11) is 0. The summed E-state index contributed by atoms with van der Waals surface area (Å²) in [5, 5.41) is 5.79. The van der Waals surface area contributed by atoms with Crippen LogP contribution < -0.4 is 20.1 Å². The summed E-state index contributed by atoms with van der Waals surface area (Å²) in [6.07, 6.45) is 3.47. The highest BCUT2D eigenvalue weighted by Crippen LogP contribution is 2.34. The van der Waals surface area contributed by atoms with Crippen LogP contribution in [0.15, 0.2) is 18.2 Å². The van der Waals surface area contributed by atoms with Crippen molar-refractivity contribution >= 4 is 17.8 Å². The fraction of sp³-hybridized carbons (Fsp3) is 0.591. The number of imide groups is 1. The van der Waals surface area contributed by atoms with Crippen molar-refractivity contribution in [3.05, 3.63) is 23.8 Å². The molecule has 30 heavy (non-hydrogen) atoms. The lowest BCUT2D eigenvalue weighted by atomic mass is 9.78. The molecule has 0 radical (unpaired) electrons. The molecular weight excluding hydrogens is 386 g/mol. The number of fused-ring (bicyclic) bond motifs is 1. The quantitative estimate of drug-likeness (QED) is 0.719. The van der Waals surface area contributed by atoms with E-state index in [2.05, 4.69) is 24.5 Å². The number of ether oxygens (including phenoxy) is 2. The predicted molar refractivity (Wildman–Crippen MR) is 109 cm³/mol. The molecule has 1 aromatic rings. The third kappa shape index (κ3) is 3.82. The van der Waals surface area contributed by atoms with Gasteiger partial charge in [-0.25, -0.2) is 4.79 Å². The van der Waals surface area contributed by atoms with Crippen LogP contribution in [0.25, 0.3) is 0 Å². The van der Waals surface area contributed by atoms with Crippen LogP contribution in [0.2, 0.25) is 0 Å². The van der Waals surface area contributed by atoms with E-state index in [1.165, 1.54) is 6.42 Å². The molecule has 2 heterocycles. The van der Waals surface area contributed by atoms with Gasteiger partial charge < -0.3 is 20.1 Å². The maximum atomic E-state index is 13.0. The van der Waals surface area contributed by atoms with Gasteiger partial charge in [0.25, 0.3) is 5.91 Å². The van der Waals surface area contributed by atoms with Gasteiger partial charge in [-0.1, -0.05) is 32.8 Å². The Bertz CT molecular complexity index is 872. The maximum Gasteiger partial charge on any atom is 0.325 e. The smallest absolute Gasteiger partial charge is 0.325 e. The first kappa shape index (κ1) is 20.5. The minimum absolute atomic E-state index is 0.0852. The Hall–Kier alpha value is -2.77. The van der Waals surface area contributed by atoms with Crippen LogP contribution in [-0.4, -0.2) is 47.7 Å². The number of hydrogen-bond donors (Lipinski definition) is 2. The third-order valence-corrected chi connectivity index (χ3v) is 6.69. The topological polar surface area (TPSA) is 97.0 Å². The number of benzene rings is 1. The van der Waals surface area contributed by atoms with Gasteiger partial charge >= 0.3 is 6.03 Å². The van der Waals surface area contributed by atoms with Crippen molar-refractivity contribution in [3.8, 4) is 11.5 Å². The van der Waals surface area contributed by atoms with E-state index in [-0.39, 0.29) is 25.3 Å². The number of amides is 4. The second-order valence-electron chi connectivity index (χ2n) is 8.96. The molecule has 3 aliphatic rings. The molecular formula is C22H29N3O5. The Kier molecular flexibility index (Phi) is 5.34. The van der Waals surface area contributed by atoms with E-state index >= 15 is 0 Å². The summed E-state index contributed by atoms with van der Waals surface area (Å²) in [6, 6.07) is 5.00. The Morgan fingerprint density at radius 2 is 2.00 bits per heavy atom. The molecule has 0 spiro atoms. The molecule has 0 aromatic heterocycles. The van der Waals surface area contributed by atoms with Gasteiger partial charge in [0.1, 0.15) is 12.1 Å². The zero-order valence-electron chi connectivity index (χ0n) is 17.7. The van der Waals surface area contributed by atoms with Crippen LogP contribution in [0.5, 0.6) is 11.5 Å². The van der Waals surface area contributed by atoms with Crippen LogP contribution in [0.3, 0.4) is 0 Å². The lowest BCUT2D eigenvalue weighted by Gasteiger charge is -2.34. The van der Waals surface area contributed by atoms with Crippen molar-refractivity contribution in [3.63, 3.8) is 0 Å². The number of carbonyl (C=O) groups excluding carboxylic acids is 3. The van der Waals surface area contributed by atoms with Gasteiger partial charge in [-0.05, 0) is 42.9 Å². The van der Waals surface area contributed by atoms with E-state index in [9.17, 15) is 14.4 Å². The molecule has 1 aromatic carbocycles. The normalized spacial score (nSPS) is 30.4. The van der Waals surface area contributed by atoms with E-state index < -0.39 is 17.5 Å². The summed E-state index contributed by atoms with van der Waals surface area (Å²) in [4.78, 5) is 39.1. The first-order valence-corrected chi connectivity index (χ1v) is 10.6. The highest BCUT2D eigenvalue weighted by Gasteiger charge is 2.48. The number of urea groups is 1. The molecule has 1 aliphatic carbocycles. The molecule has 2 fully saturated rings. The zero-order valence-corrected chi connectivity index (χ0v) is 17.7. The summed E-state index contributed by atoms with van der Waals surface area (Å²) in [5.74, 6) is 1.52. The fourth-order valence-electron chi connectivity index (χ4n) is 4.65. The van der Waals surface area contributed by atoms with Gasteiger partial charge in [-0.3, -0.25) is 14.5 Å². The molecule has 2 N–H and O–H groups in total. The van der Waals surface area contributed by atoms with Gasteiger partial charge in [-0.15, -0.1) is 0 Å². The summed E-state index contributed by atoms with van der Waals surface area (Å²) >= 11 is 0. The SMILES string of the molecule is C[C@H]1[C@H](C)CCC[C@@H]1NC(=O)CN1C(=O)N[C@@](C)(Cc2ccc3c(c2)OCO3)C1=O. The van der Waals surface area contributed by atoms with E-state index in [1.54, 1.807) is 13.0 Å². The molecule has 8 heteroatoms. The lowest BCUT2D eigenvalue weighted by molar-refractivity contribution is -0.135. The van der Waals surface area contributed by atoms with Crippen molar-refractivity contribution < 1.29 is 23.9 Å². The molecule has 0 bridgehead atoms. The highest BCUT2D eigenvalue weighted by molar-refractivity contribution is 6.09. The minimum Gasteiger partial charge on any atom is -0.454 e. The number of nitrogens with one attached hydrogen (secondary N) is 2. The summed E-state index contributed by atoms with van der Waals surface area (Å²) in [6.45, 7) is 5.93. The van der Waals surface area contributed by atoms with E-state index in [0.717, 1.165) is 23.3 Å². The predicted octanol–water partition coefficient (Wildman–Crippen LogP) is 2.21. The number of carbonyl (C=O) groups is 3. The lowest BCUT2D eigenvalue weighted by Crippen LogP contribution is -2.49. The number of rotatable bonds is 5. The molecule has 162 valence electrons. The first-order chi connectivity index (χ1) is 14.3. The third-order valence-electron chi connectivity index (χ3n) is 6.69. The van der Waals surface area contributed by atoms with Crippen molar-refractivity contribution in [1.82, 2.24) is 15.5 Å². The second kappa shape index (κ2) is 7.81. The largest absolute Gasteiger partial charge is 0.454 e. The van der Waals surface area contributed by atoms with Crippen molar-refractivity contribution in [2.45, 2.75) is 58.0 Å². The zero-order chi connectivity index (χ0) is 21.5. The fourth-order valence-corrected chi connectivity index (χ4v) is 4.65. The minimum atomic E-state index is -1.11. The van der Waals surface area contributed by atoms with Gasteiger partial charge in [0.05, 0.1) is 0 Å². The monoisotopic (exact) mass is 415 g/mol. The Labute approximate surface area is 176 Å². The molecule has 1 saturated heterocycles. The molecule has 4 amide bonds. The van der Waals surface area contributed by atoms with E-state index in [1.807, 2.05) is 12.1 Å². The number of nitrogens with zero attached hydrogens (tertiary/aromatic N) is 1. The van der Waals surface area contributed by atoms with Crippen LogP contribution in [0, 0.1) is 11.8 Å². The van der Waals surface area contributed by atoms with Gasteiger partial charge in [0.15, 0.2) is 11.5 Å². The Balaban J connectivity index is 1.40. The Morgan fingerprint density at radius 3 is 2.80 bits per heavy atom. The molecule has 4 atom stereocenters. The van der Waals surface area contributed by atoms with Crippen molar-refractivity contribution in [1.29, 1.82) is 0 Å². The van der Waals surface area contributed by atoms with Crippen LogP contribution in [0.1, 0.15) is 45.6 Å². The van der Waals surface area contributed by atoms with Crippen molar-refractivity contribution in [2.24, 2.45) is 11.8 Å². The van der Waals surface area contributed by atoms with Gasteiger partial charge in [-0.2, -0.15) is 0 Å². The molecule has 4 rings (SSSR count). The standard InChI is InChI=1S/C22H29N3O5/c1-13-5-4-6-16(14(13)2)23-19(26)11-25-20(27)22(3,24-21(25)28)10-15-7-8-17-18(9-15)30-12-29-17/h7-9,13-14,16H,4-6,10-12H2,1-3H3,(H,23,26)(H,24,28)/t13-,14+,16+,22+/m1/s1. The molecule has 8 nitrogen and oxygen atoms in total. The van der Waals surface area contributed by atoms with E-state index in [0.29, 0.717) is 29.8 Å². The second-order valence-corrected chi connectivity index (χ2v) is 8.96. The average molecular weight is 415 g/mol. The van der Waals surface area contributed by atoms with Crippen LogP contribution >= 0.6 is 0 Å². The highest BCUT2D eigenvalue weighted by atomic mass is 16.7. The van der Waals surface area contributed by atoms with Gasteiger partial charge in [0.2, 0.25) is 12.7 Å². The van der Waals surface area contributed by atoms with E-state index in [4.69, 9.17) is 9.47 Å². The number of hydrogen-bond acceptors (Lipinski definition) is 5. The van der Waals surface area contributed by atoms with Crippen molar-refractivity contribution in [2.75, 3.05) is 13.3 Å². The average Bonchev–Trinajstić information content (AvgIpc) is 3.23. The first-order valence-electron chi connectivity index (χ1n) is 10.6. The van der Waals surface area contributed by atoms with Gasteiger partial charge in [0, 0.05) is 12.5 Å². The summed E-state index contributed by atoms with van der Waals surface area (Å²) < 4.78 is 10.7. The van der Waals surface area contributed by atoms with Crippen LogP contribution in [0.4, 0.5) is 4.79 Å². The van der Waals surface area contributed by atoms with Crippen LogP contribution in [-0.2, 0) is 16.0 Å². The summed E-state index contributed by atoms with van der Waals surface area (Å²) in [5.41, 5.74) is -0.274. The molecule has 1 saturated carbocycles.